The van der Waals surface area contributed by atoms with E-state index in [4.69, 9.17) is 4.74 Å². The molecule has 2 heterocycles. The van der Waals surface area contributed by atoms with Crippen molar-refractivity contribution in [3.63, 3.8) is 0 Å². The summed E-state index contributed by atoms with van der Waals surface area (Å²) in [5.41, 5.74) is -6.15. The molecule has 1 fully saturated rings. The summed E-state index contributed by atoms with van der Waals surface area (Å²) in [7, 11) is 0. The monoisotopic (exact) mass is 591 g/mol. The van der Waals surface area contributed by atoms with Crippen LogP contribution in [-0.2, 0) is 16.8 Å². The molecule has 1 aliphatic heterocycles. The van der Waals surface area contributed by atoms with Gasteiger partial charge < -0.3 is 14.7 Å². The highest BCUT2D eigenvalue weighted by Gasteiger charge is 2.71. The minimum Gasteiger partial charge on any atom is -0.378 e. The number of aromatic nitrogens is 2. The summed E-state index contributed by atoms with van der Waals surface area (Å²) in [6.07, 6.45) is -12.0. The molecule has 1 aliphatic rings. The van der Waals surface area contributed by atoms with Gasteiger partial charge in [0.1, 0.15) is 5.82 Å². The van der Waals surface area contributed by atoms with Gasteiger partial charge in [-0.05, 0) is 35.9 Å². The number of benzene rings is 3. The standard InChI is InChI=1S/C29H23F6N3O4/c30-28(31,32)27(41,29(33,34)35)20-7-9-21(10-8-20)38-24(16-18-4-2-1-3-5-18)36-23-11-6-19(17-22(23)26(38)40)25(39)37-12-14-42-15-13-37/h1-11,17,41H,12-16H2. The maximum Gasteiger partial charge on any atom is 0.430 e. The Bertz CT molecular complexity index is 1650. The number of nitrogens with zero attached hydrogens (tertiary/aromatic N) is 3. The molecule has 3 aromatic carbocycles. The summed E-state index contributed by atoms with van der Waals surface area (Å²) in [4.78, 5) is 33.1. The van der Waals surface area contributed by atoms with Crippen LogP contribution in [0, 0.1) is 0 Å². The summed E-state index contributed by atoms with van der Waals surface area (Å²) >= 11 is 0. The highest BCUT2D eigenvalue weighted by molar-refractivity contribution is 5.98. The maximum atomic E-state index is 13.9. The molecule has 1 aromatic heterocycles. The minimum atomic E-state index is -6.06. The van der Waals surface area contributed by atoms with Crippen molar-refractivity contribution in [1.29, 1.82) is 0 Å². The number of halogens is 6. The lowest BCUT2D eigenvalue weighted by Crippen LogP contribution is -2.53. The molecule has 0 radical (unpaired) electrons. The number of carbonyl (C=O) groups is 1. The molecule has 220 valence electrons. The van der Waals surface area contributed by atoms with Gasteiger partial charge >= 0.3 is 12.4 Å². The lowest BCUT2D eigenvalue weighted by atomic mass is 9.92. The largest absolute Gasteiger partial charge is 0.430 e. The number of morpholine rings is 1. The average Bonchev–Trinajstić information content (AvgIpc) is 2.96. The fourth-order valence-electron chi connectivity index (χ4n) is 4.82. The molecular weight excluding hydrogens is 568 g/mol. The van der Waals surface area contributed by atoms with Gasteiger partial charge in [-0.1, -0.05) is 42.5 Å². The van der Waals surface area contributed by atoms with E-state index in [9.17, 15) is 41.0 Å². The van der Waals surface area contributed by atoms with Crippen molar-refractivity contribution >= 4 is 16.8 Å². The smallest absolute Gasteiger partial charge is 0.378 e. The molecule has 4 aromatic rings. The van der Waals surface area contributed by atoms with Crippen LogP contribution in [0.3, 0.4) is 0 Å². The molecule has 7 nitrogen and oxygen atoms in total. The van der Waals surface area contributed by atoms with E-state index in [1.807, 2.05) is 0 Å². The first-order chi connectivity index (χ1) is 19.8. The summed E-state index contributed by atoms with van der Waals surface area (Å²) in [5, 5.41) is 9.80. The van der Waals surface area contributed by atoms with Crippen LogP contribution in [-0.4, -0.2) is 64.1 Å². The van der Waals surface area contributed by atoms with Crippen LogP contribution >= 0.6 is 0 Å². The second kappa shape index (κ2) is 10.9. The molecule has 13 heteroatoms. The zero-order chi connectivity index (χ0) is 30.3. The molecule has 0 unspecified atom stereocenters. The highest BCUT2D eigenvalue weighted by Crippen LogP contribution is 2.50. The normalized spacial score (nSPS) is 14.8. The Hall–Kier alpha value is -4.23. The molecule has 1 saturated heterocycles. The van der Waals surface area contributed by atoms with Gasteiger partial charge in [0.2, 0.25) is 0 Å². The number of amides is 1. The SMILES string of the molecule is O=C(c1ccc2nc(Cc3ccccc3)n(-c3ccc(C(O)(C(F)(F)F)C(F)(F)F)cc3)c(=O)c2c1)N1CCOCC1. The third-order valence-electron chi connectivity index (χ3n) is 7.05. The average molecular weight is 592 g/mol. The van der Waals surface area contributed by atoms with E-state index in [1.54, 1.807) is 35.2 Å². The number of carbonyl (C=O) groups excluding carboxylic acids is 1. The first-order valence-corrected chi connectivity index (χ1v) is 12.7. The van der Waals surface area contributed by atoms with Gasteiger partial charge in [0, 0.05) is 30.6 Å². The van der Waals surface area contributed by atoms with Crippen molar-refractivity contribution in [1.82, 2.24) is 14.5 Å². The Balaban J connectivity index is 1.65. The van der Waals surface area contributed by atoms with Crippen LogP contribution in [0.4, 0.5) is 26.3 Å². The third-order valence-corrected chi connectivity index (χ3v) is 7.05. The van der Waals surface area contributed by atoms with Gasteiger partial charge in [-0.15, -0.1) is 0 Å². The molecule has 0 bridgehead atoms. The number of aliphatic hydroxyl groups is 1. The summed E-state index contributed by atoms with van der Waals surface area (Å²) in [5.74, 6) is -0.178. The van der Waals surface area contributed by atoms with Crippen LogP contribution in [0.25, 0.3) is 16.6 Å². The Kier molecular flexibility index (Phi) is 7.58. The van der Waals surface area contributed by atoms with Gasteiger partial charge in [0.25, 0.3) is 17.1 Å². The van der Waals surface area contributed by atoms with Crippen molar-refractivity contribution in [2.24, 2.45) is 0 Å². The number of ether oxygens (including phenoxy) is 1. The van der Waals surface area contributed by atoms with E-state index >= 15 is 0 Å². The lowest BCUT2D eigenvalue weighted by Gasteiger charge is -2.32. The predicted molar refractivity (Wildman–Crippen MR) is 139 cm³/mol. The van der Waals surface area contributed by atoms with Crippen molar-refractivity contribution in [3.8, 4) is 5.69 Å². The molecule has 0 spiro atoms. The van der Waals surface area contributed by atoms with Crippen LogP contribution in [0.5, 0.6) is 0 Å². The van der Waals surface area contributed by atoms with Gasteiger partial charge in [-0.25, -0.2) is 4.98 Å². The highest BCUT2D eigenvalue weighted by atomic mass is 19.4. The summed E-state index contributed by atoms with van der Waals surface area (Å²) in [6.45, 7) is 1.46. The molecular formula is C29H23F6N3O4. The van der Waals surface area contributed by atoms with Crippen LogP contribution in [0.1, 0.15) is 27.3 Å². The quantitative estimate of drug-likeness (QED) is 0.339. The zero-order valence-electron chi connectivity index (χ0n) is 21.7. The predicted octanol–water partition coefficient (Wildman–Crippen LogP) is 4.76. The van der Waals surface area contributed by atoms with Gasteiger partial charge in [-0.2, -0.15) is 26.3 Å². The molecule has 0 aliphatic carbocycles. The Morgan fingerprint density at radius 1 is 0.881 bits per heavy atom. The van der Waals surface area contributed by atoms with Crippen molar-refractivity contribution in [2.75, 3.05) is 26.3 Å². The molecule has 0 saturated carbocycles. The van der Waals surface area contributed by atoms with Gasteiger partial charge in [-0.3, -0.25) is 14.2 Å². The van der Waals surface area contributed by atoms with Crippen LogP contribution in [0.15, 0.2) is 77.6 Å². The molecule has 42 heavy (non-hydrogen) atoms. The zero-order valence-corrected chi connectivity index (χ0v) is 21.7. The van der Waals surface area contributed by atoms with E-state index in [-0.39, 0.29) is 40.3 Å². The van der Waals surface area contributed by atoms with Gasteiger partial charge in [0.05, 0.1) is 29.8 Å². The van der Waals surface area contributed by atoms with Crippen molar-refractivity contribution in [2.45, 2.75) is 24.4 Å². The second-order valence-electron chi connectivity index (χ2n) is 9.72. The van der Waals surface area contributed by atoms with Crippen LogP contribution in [0.2, 0.25) is 0 Å². The van der Waals surface area contributed by atoms with E-state index in [2.05, 4.69) is 4.98 Å². The lowest BCUT2D eigenvalue weighted by molar-refractivity contribution is -0.376. The van der Waals surface area contributed by atoms with Gasteiger partial charge in [0.15, 0.2) is 0 Å². The minimum absolute atomic E-state index is 0.0251. The first-order valence-electron chi connectivity index (χ1n) is 12.7. The number of fused-ring (bicyclic) bond motifs is 1. The van der Waals surface area contributed by atoms with Crippen molar-refractivity contribution in [3.05, 3.63) is 106 Å². The topological polar surface area (TPSA) is 84.7 Å². The molecule has 1 N–H and O–H groups in total. The number of alkyl halides is 6. The van der Waals surface area contributed by atoms with Crippen molar-refractivity contribution < 1.29 is 41.0 Å². The fourth-order valence-corrected chi connectivity index (χ4v) is 4.82. The Labute approximate surface area is 234 Å². The summed E-state index contributed by atoms with van der Waals surface area (Å²) < 4.78 is 86.9. The Morgan fingerprint density at radius 3 is 2.10 bits per heavy atom. The molecule has 0 atom stereocenters. The summed E-state index contributed by atoms with van der Waals surface area (Å²) in [6, 6.07) is 15.9. The fraction of sp³-hybridized carbons (Fsp3) is 0.276. The van der Waals surface area contributed by atoms with Crippen LogP contribution < -0.4 is 5.56 Å². The van der Waals surface area contributed by atoms with E-state index < -0.39 is 29.1 Å². The Morgan fingerprint density at radius 2 is 1.50 bits per heavy atom. The molecule has 1 amide bonds. The molecule has 5 rings (SSSR count). The number of hydrogen-bond donors (Lipinski definition) is 1. The number of rotatable bonds is 5. The maximum absolute atomic E-state index is 13.9. The van der Waals surface area contributed by atoms with E-state index in [0.29, 0.717) is 38.4 Å². The second-order valence-corrected chi connectivity index (χ2v) is 9.72. The third kappa shape index (κ3) is 5.25. The first kappa shape index (κ1) is 29.3. The van der Waals surface area contributed by atoms with E-state index in [1.165, 1.54) is 18.2 Å². The van der Waals surface area contributed by atoms with E-state index in [0.717, 1.165) is 22.3 Å². The number of hydrogen-bond acceptors (Lipinski definition) is 5.